The lowest BCUT2D eigenvalue weighted by molar-refractivity contribution is -0.128. The molecule has 0 bridgehead atoms. The van der Waals surface area contributed by atoms with Gasteiger partial charge in [-0.25, -0.2) is 0 Å². The van der Waals surface area contributed by atoms with Crippen molar-refractivity contribution in [3.8, 4) is 0 Å². The molecule has 1 aromatic rings. The molecule has 2 N–H and O–H groups in total. The minimum Gasteiger partial charge on any atom is -0.379 e. The predicted octanol–water partition coefficient (Wildman–Crippen LogP) is -0.844. The van der Waals surface area contributed by atoms with Crippen LogP contribution in [0.2, 0.25) is 0 Å². The minimum atomic E-state index is -0.430. The van der Waals surface area contributed by atoms with Crippen molar-refractivity contribution < 1.29 is 18.8 Å². The van der Waals surface area contributed by atoms with Crippen molar-refractivity contribution in [3.05, 3.63) is 11.7 Å². The van der Waals surface area contributed by atoms with Gasteiger partial charge in [-0.3, -0.25) is 14.5 Å². The molecule has 9 heteroatoms. The van der Waals surface area contributed by atoms with E-state index in [0.29, 0.717) is 19.6 Å². The van der Waals surface area contributed by atoms with Crippen molar-refractivity contribution >= 4 is 11.8 Å². The van der Waals surface area contributed by atoms with Crippen LogP contribution in [-0.2, 0) is 16.1 Å². The van der Waals surface area contributed by atoms with Crippen molar-refractivity contribution in [3.63, 3.8) is 0 Å². The number of carbonyl (C=O) groups is 2. The first-order chi connectivity index (χ1) is 10.7. The third kappa shape index (κ3) is 4.01. The van der Waals surface area contributed by atoms with Gasteiger partial charge in [0.15, 0.2) is 0 Å². The van der Waals surface area contributed by atoms with Crippen molar-refractivity contribution in [2.24, 2.45) is 0 Å². The maximum Gasteiger partial charge on any atom is 0.292 e. The van der Waals surface area contributed by atoms with Crippen LogP contribution in [0.15, 0.2) is 4.52 Å². The second kappa shape index (κ2) is 7.85. The fourth-order valence-electron chi connectivity index (χ4n) is 2.31. The molecule has 22 heavy (non-hydrogen) atoms. The lowest BCUT2D eigenvalue weighted by atomic mass is 10.1. The molecule has 1 aliphatic rings. The highest BCUT2D eigenvalue weighted by Crippen LogP contribution is 2.08. The predicted molar refractivity (Wildman–Crippen MR) is 76.0 cm³/mol. The summed E-state index contributed by atoms with van der Waals surface area (Å²) >= 11 is 0. The molecule has 122 valence electrons. The molecule has 2 heterocycles. The van der Waals surface area contributed by atoms with Gasteiger partial charge in [0.25, 0.3) is 11.7 Å². The van der Waals surface area contributed by atoms with Crippen LogP contribution in [0.4, 0.5) is 0 Å². The smallest absolute Gasteiger partial charge is 0.292 e. The quantitative estimate of drug-likeness (QED) is 0.704. The zero-order valence-electron chi connectivity index (χ0n) is 12.8. The van der Waals surface area contributed by atoms with E-state index in [1.54, 1.807) is 0 Å². The molecule has 1 fully saturated rings. The average molecular weight is 311 g/mol. The summed E-state index contributed by atoms with van der Waals surface area (Å²) in [5.74, 6) is -0.374. The monoisotopic (exact) mass is 311 g/mol. The van der Waals surface area contributed by atoms with E-state index in [9.17, 15) is 9.59 Å². The third-order valence-corrected chi connectivity index (χ3v) is 3.49. The number of hydrogen-bond acceptors (Lipinski definition) is 7. The molecule has 1 aromatic heterocycles. The Morgan fingerprint density at radius 3 is 2.73 bits per heavy atom. The lowest BCUT2D eigenvalue weighted by Crippen LogP contribution is -2.50. The van der Waals surface area contributed by atoms with E-state index in [2.05, 4.69) is 25.7 Å². The number of aromatic nitrogens is 2. The first-order valence-corrected chi connectivity index (χ1v) is 7.29. The van der Waals surface area contributed by atoms with E-state index in [0.717, 1.165) is 13.1 Å². The Kier molecular flexibility index (Phi) is 5.84. The summed E-state index contributed by atoms with van der Waals surface area (Å²) in [5, 5.41) is 8.71. The molecule has 0 radical (unpaired) electrons. The van der Waals surface area contributed by atoms with Gasteiger partial charge in [-0.15, -0.1) is 0 Å². The first-order valence-electron chi connectivity index (χ1n) is 7.29. The number of ether oxygens (including phenoxy) is 1. The summed E-state index contributed by atoms with van der Waals surface area (Å²) < 4.78 is 10.2. The summed E-state index contributed by atoms with van der Waals surface area (Å²) in [4.78, 5) is 29.6. The van der Waals surface area contributed by atoms with Crippen LogP contribution in [0, 0.1) is 0 Å². The van der Waals surface area contributed by atoms with Crippen LogP contribution >= 0.6 is 0 Å². The zero-order valence-corrected chi connectivity index (χ0v) is 12.8. The number of morpholine rings is 1. The molecule has 1 saturated heterocycles. The Balaban J connectivity index is 1.87. The van der Waals surface area contributed by atoms with Gasteiger partial charge < -0.3 is 19.9 Å². The molecule has 1 unspecified atom stereocenters. The first kappa shape index (κ1) is 16.4. The average Bonchev–Trinajstić information content (AvgIpc) is 3.03. The largest absolute Gasteiger partial charge is 0.379 e. The number of hydrogen-bond donors (Lipinski definition) is 2. The Morgan fingerprint density at radius 1 is 1.36 bits per heavy atom. The molecule has 9 nitrogen and oxygen atoms in total. The van der Waals surface area contributed by atoms with Crippen LogP contribution in [-0.4, -0.2) is 66.2 Å². The van der Waals surface area contributed by atoms with Crippen molar-refractivity contribution in [1.82, 2.24) is 25.7 Å². The van der Waals surface area contributed by atoms with E-state index in [-0.39, 0.29) is 30.2 Å². The van der Waals surface area contributed by atoms with Gasteiger partial charge in [-0.2, -0.15) is 4.98 Å². The Labute approximate surface area is 128 Å². The zero-order chi connectivity index (χ0) is 15.9. The molecule has 1 aliphatic heterocycles. The van der Waals surface area contributed by atoms with Crippen molar-refractivity contribution in [2.45, 2.75) is 25.9 Å². The van der Waals surface area contributed by atoms with Crippen LogP contribution in [0.5, 0.6) is 0 Å². The molecular weight excluding hydrogens is 290 g/mol. The molecule has 2 amide bonds. The molecule has 0 spiro atoms. The molecule has 0 aliphatic carbocycles. The highest BCUT2D eigenvalue weighted by atomic mass is 16.5. The maximum atomic E-state index is 12.3. The Hall–Kier alpha value is -2.00. The van der Waals surface area contributed by atoms with Gasteiger partial charge in [-0.1, -0.05) is 12.1 Å². The van der Waals surface area contributed by atoms with Crippen LogP contribution < -0.4 is 10.6 Å². The molecular formula is C13H21N5O4. The third-order valence-electron chi connectivity index (χ3n) is 3.49. The summed E-state index contributed by atoms with van der Waals surface area (Å²) in [5.41, 5.74) is 0. The van der Waals surface area contributed by atoms with Gasteiger partial charge in [-0.05, 0) is 6.42 Å². The Bertz CT molecular complexity index is 512. The fourth-order valence-corrected chi connectivity index (χ4v) is 2.31. The molecule has 1 atom stereocenters. The number of rotatable bonds is 6. The van der Waals surface area contributed by atoms with Gasteiger partial charge in [0, 0.05) is 20.1 Å². The number of carbonyl (C=O) groups excluding carboxylic acids is 2. The van der Waals surface area contributed by atoms with E-state index in [1.807, 2.05) is 6.92 Å². The minimum absolute atomic E-state index is 0.0491. The summed E-state index contributed by atoms with van der Waals surface area (Å²) in [7, 11) is 1.48. The molecule has 0 saturated carbocycles. The fraction of sp³-hybridized carbons (Fsp3) is 0.692. The van der Waals surface area contributed by atoms with Crippen LogP contribution in [0.3, 0.4) is 0 Å². The lowest BCUT2D eigenvalue weighted by Gasteiger charge is -2.32. The second-order valence-electron chi connectivity index (χ2n) is 4.88. The van der Waals surface area contributed by atoms with Crippen molar-refractivity contribution in [1.29, 1.82) is 0 Å². The maximum absolute atomic E-state index is 12.3. The highest BCUT2D eigenvalue weighted by molar-refractivity contribution is 5.89. The SMILES string of the molecule is CCC(C(=O)NCc1nc(C(=O)NC)no1)N1CCOCC1. The second-order valence-corrected chi connectivity index (χ2v) is 4.88. The van der Waals surface area contributed by atoms with Crippen molar-refractivity contribution in [2.75, 3.05) is 33.4 Å². The molecule has 2 rings (SSSR count). The number of nitrogens with one attached hydrogen (secondary N) is 2. The number of amides is 2. The summed E-state index contributed by atoms with van der Waals surface area (Å²) in [6, 6.07) is -0.203. The van der Waals surface area contributed by atoms with Gasteiger partial charge in [0.2, 0.25) is 11.8 Å². The van der Waals surface area contributed by atoms with Crippen LogP contribution in [0.25, 0.3) is 0 Å². The summed E-state index contributed by atoms with van der Waals surface area (Å²) in [6.45, 7) is 4.84. The molecule has 0 aromatic carbocycles. The Morgan fingerprint density at radius 2 is 2.09 bits per heavy atom. The summed E-state index contributed by atoms with van der Waals surface area (Å²) in [6.07, 6.45) is 0.707. The van der Waals surface area contributed by atoms with E-state index < -0.39 is 5.91 Å². The van der Waals surface area contributed by atoms with Gasteiger partial charge in [0.05, 0.1) is 25.8 Å². The standard InChI is InChI=1S/C13H21N5O4/c1-3-9(18-4-6-21-7-5-18)12(19)15-8-10-16-11(17-22-10)13(20)14-2/h9H,3-8H2,1-2H3,(H,14,20)(H,15,19). The van der Waals surface area contributed by atoms with Gasteiger partial charge in [0.1, 0.15) is 0 Å². The van der Waals surface area contributed by atoms with E-state index in [4.69, 9.17) is 9.26 Å². The van der Waals surface area contributed by atoms with E-state index >= 15 is 0 Å². The normalized spacial score (nSPS) is 17.0. The topological polar surface area (TPSA) is 110 Å². The van der Waals surface area contributed by atoms with Crippen LogP contribution in [0.1, 0.15) is 29.9 Å². The highest BCUT2D eigenvalue weighted by Gasteiger charge is 2.26. The number of nitrogens with zero attached hydrogens (tertiary/aromatic N) is 3. The van der Waals surface area contributed by atoms with E-state index in [1.165, 1.54) is 7.05 Å². The van der Waals surface area contributed by atoms with Gasteiger partial charge >= 0.3 is 0 Å².